The lowest BCUT2D eigenvalue weighted by Gasteiger charge is -2.09. The number of aromatic nitrogens is 1. The minimum Gasteiger partial charge on any atom is -0.375 e. The molecule has 0 fully saturated rings. The maximum absolute atomic E-state index is 12.1. The number of aromatic amines is 1. The van der Waals surface area contributed by atoms with E-state index >= 15 is 0 Å². The van der Waals surface area contributed by atoms with Gasteiger partial charge in [0.2, 0.25) is 0 Å². The summed E-state index contributed by atoms with van der Waals surface area (Å²) < 4.78 is 36.3. The third-order valence-electron chi connectivity index (χ3n) is 2.36. The summed E-state index contributed by atoms with van der Waals surface area (Å²) in [6, 6.07) is 7.26. The van der Waals surface area contributed by atoms with Crippen LogP contribution in [0.15, 0.2) is 24.3 Å². The van der Waals surface area contributed by atoms with Crippen molar-refractivity contribution in [2.24, 2.45) is 0 Å². The molecule has 0 aliphatic carbocycles. The quantitative estimate of drug-likeness (QED) is 0.809. The van der Waals surface area contributed by atoms with E-state index in [0.29, 0.717) is 11.4 Å². The number of aryl methyl sites for hydroxylation is 1. The molecule has 1 aromatic carbocycles. The number of rotatable bonds is 2. The Morgan fingerprint density at radius 2 is 1.94 bits per heavy atom. The van der Waals surface area contributed by atoms with Crippen LogP contribution in [-0.4, -0.2) is 17.7 Å². The number of anilines is 1. The van der Waals surface area contributed by atoms with Crippen molar-refractivity contribution >= 4 is 16.6 Å². The van der Waals surface area contributed by atoms with Gasteiger partial charge in [-0.3, -0.25) is 0 Å². The predicted molar refractivity (Wildman–Crippen MR) is 57.6 cm³/mol. The van der Waals surface area contributed by atoms with Gasteiger partial charge in [-0.25, -0.2) is 0 Å². The van der Waals surface area contributed by atoms with Gasteiger partial charge in [0.15, 0.2) is 0 Å². The highest BCUT2D eigenvalue weighted by atomic mass is 19.4. The monoisotopic (exact) mass is 228 g/mol. The van der Waals surface area contributed by atoms with Crippen molar-refractivity contribution in [2.45, 2.75) is 13.1 Å². The summed E-state index contributed by atoms with van der Waals surface area (Å²) in [7, 11) is 0. The van der Waals surface area contributed by atoms with Crippen molar-refractivity contribution in [1.29, 1.82) is 0 Å². The van der Waals surface area contributed by atoms with Crippen LogP contribution in [0.25, 0.3) is 10.9 Å². The maximum Gasteiger partial charge on any atom is 0.405 e. The highest BCUT2D eigenvalue weighted by Crippen LogP contribution is 2.28. The Morgan fingerprint density at radius 3 is 2.62 bits per heavy atom. The van der Waals surface area contributed by atoms with Crippen molar-refractivity contribution < 1.29 is 13.2 Å². The molecule has 0 atom stereocenters. The zero-order valence-corrected chi connectivity index (χ0v) is 8.65. The van der Waals surface area contributed by atoms with Crippen LogP contribution in [0.5, 0.6) is 0 Å². The van der Waals surface area contributed by atoms with Crippen LogP contribution in [0.4, 0.5) is 18.9 Å². The minimum atomic E-state index is -4.20. The molecule has 0 radical (unpaired) electrons. The van der Waals surface area contributed by atoms with Crippen LogP contribution in [-0.2, 0) is 0 Å². The Bertz CT molecular complexity index is 499. The molecule has 0 saturated carbocycles. The van der Waals surface area contributed by atoms with Gasteiger partial charge in [-0.05, 0) is 13.0 Å². The zero-order chi connectivity index (χ0) is 11.8. The van der Waals surface area contributed by atoms with Gasteiger partial charge in [-0.15, -0.1) is 0 Å². The second-order valence-corrected chi connectivity index (χ2v) is 3.64. The first kappa shape index (κ1) is 10.9. The maximum atomic E-state index is 12.1. The van der Waals surface area contributed by atoms with E-state index in [0.717, 1.165) is 10.9 Å². The van der Waals surface area contributed by atoms with E-state index in [4.69, 9.17) is 0 Å². The smallest absolute Gasteiger partial charge is 0.375 e. The molecule has 5 heteroatoms. The summed E-state index contributed by atoms with van der Waals surface area (Å²) in [6.07, 6.45) is -4.20. The number of benzene rings is 1. The molecule has 2 rings (SSSR count). The molecule has 0 bridgehead atoms. The molecule has 0 aliphatic rings. The first-order chi connectivity index (χ1) is 7.47. The Hall–Kier alpha value is -1.65. The standard InChI is InChI=1S/C11H11F3N2/c1-7-10(15-6-11(12,13)14)8-4-2-3-5-9(8)16-7/h2-5,15-16H,6H2,1H3. The number of nitrogens with one attached hydrogen (secondary N) is 2. The summed E-state index contributed by atoms with van der Waals surface area (Å²) in [6.45, 7) is 0.731. The number of fused-ring (bicyclic) bond motifs is 1. The van der Waals surface area contributed by atoms with Gasteiger partial charge >= 0.3 is 6.18 Å². The molecule has 1 aromatic heterocycles. The van der Waals surface area contributed by atoms with Gasteiger partial charge in [0.25, 0.3) is 0 Å². The van der Waals surface area contributed by atoms with Crippen LogP contribution in [0.3, 0.4) is 0 Å². The molecular weight excluding hydrogens is 217 g/mol. The van der Waals surface area contributed by atoms with Crippen molar-refractivity contribution in [3.8, 4) is 0 Å². The summed E-state index contributed by atoms with van der Waals surface area (Å²) in [5.41, 5.74) is 2.07. The molecule has 16 heavy (non-hydrogen) atoms. The molecule has 0 amide bonds. The summed E-state index contributed by atoms with van der Waals surface area (Å²) in [5, 5.41) is 3.20. The Labute approximate surface area is 90.5 Å². The van der Waals surface area contributed by atoms with Gasteiger partial charge in [-0.1, -0.05) is 18.2 Å². The minimum absolute atomic E-state index is 0.521. The predicted octanol–water partition coefficient (Wildman–Crippen LogP) is 3.45. The number of para-hydroxylation sites is 1. The number of alkyl halides is 3. The fraction of sp³-hybridized carbons (Fsp3) is 0.273. The first-order valence-electron chi connectivity index (χ1n) is 4.85. The van der Waals surface area contributed by atoms with Crippen LogP contribution in [0.1, 0.15) is 5.69 Å². The van der Waals surface area contributed by atoms with E-state index in [1.807, 2.05) is 12.1 Å². The fourth-order valence-corrected chi connectivity index (χ4v) is 1.69. The average Bonchev–Trinajstić information content (AvgIpc) is 2.49. The molecule has 2 N–H and O–H groups in total. The highest BCUT2D eigenvalue weighted by Gasteiger charge is 2.27. The largest absolute Gasteiger partial charge is 0.405 e. The molecular formula is C11H11F3N2. The van der Waals surface area contributed by atoms with Crippen molar-refractivity contribution in [2.75, 3.05) is 11.9 Å². The van der Waals surface area contributed by atoms with Gasteiger partial charge in [0, 0.05) is 16.6 Å². The third kappa shape index (κ3) is 2.13. The lowest BCUT2D eigenvalue weighted by molar-refractivity contribution is -0.115. The lowest BCUT2D eigenvalue weighted by atomic mass is 10.2. The van der Waals surface area contributed by atoms with E-state index in [9.17, 15) is 13.2 Å². The van der Waals surface area contributed by atoms with Crippen LogP contribution in [0.2, 0.25) is 0 Å². The topological polar surface area (TPSA) is 27.8 Å². The van der Waals surface area contributed by atoms with Crippen molar-refractivity contribution in [3.63, 3.8) is 0 Å². The number of hydrogen-bond donors (Lipinski definition) is 2. The number of H-pyrrole nitrogens is 1. The Kier molecular flexibility index (Phi) is 2.53. The average molecular weight is 228 g/mol. The van der Waals surface area contributed by atoms with Crippen LogP contribution >= 0.6 is 0 Å². The second kappa shape index (κ2) is 3.73. The zero-order valence-electron chi connectivity index (χ0n) is 8.65. The molecule has 86 valence electrons. The number of hydrogen-bond acceptors (Lipinski definition) is 1. The van der Waals surface area contributed by atoms with Gasteiger partial charge in [0.1, 0.15) is 6.54 Å². The molecule has 0 saturated heterocycles. The fourth-order valence-electron chi connectivity index (χ4n) is 1.69. The van der Waals surface area contributed by atoms with E-state index < -0.39 is 12.7 Å². The van der Waals surface area contributed by atoms with E-state index in [-0.39, 0.29) is 0 Å². The molecule has 0 unspecified atom stereocenters. The van der Waals surface area contributed by atoms with Gasteiger partial charge < -0.3 is 10.3 Å². The Balaban J connectivity index is 2.33. The van der Waals surface area contributed by atoms with Gasteiger partial charge in [-0.2, -0.15) is 13.2 Å². The molecule has 0 spiro atoms. The van der Waals surface area contributed by atoms with E-state index in [1.54, 1.807) is 19.1 Å². The highest BCUT2D eigenvalue weighted by molar-refractivity contribution is 5.94. The third-order valence-corrected chi connectivity index (χ3v) is 2.36. The molecule has 0 aliphatic heterocycles. The van der Waals surface area contributed by atoms with Crippen molar-refractivity contribution in [3.05, 3.63) is 30.0 Å². The van der Waals surface area contributed by atoms with Crippen LogP contribution in [0, 0.1) is 6.92 Å². The normalized spacial score (nSPS) is 12.0. The molecule has 2 aromatic rings. The van der Waals surface area contributed by atoms with Crippen molar-refractivity contribution in [1.82, 2.24) is 4.98 Å². The number of halogens is 3. The van der Waals surface area contributed by atoms with E-state index in [1.165, 1.54) is 0 Å². The molecule has 2 nitrogen and oxygen atoms in total. The van der Waals surface area contributed by atoms with Crippen LogP contribution < -0.4 is 5.32 Å². The Morgan fingerprint density at radius 1 is 1.25 bits per heavy atom. The lowest BCUT2D eigenvalue weighted by Crippen LogP contribution is -2.21. The summed E-state index contributed by atoms with van der Waals surface area (Å²) >= 11 is 0. The second-order valence-electron chi connectivity index (χ2n) is 3.64. The van der Waals surface area contributed by atoms with Gasteiger partial charge in [0.05, 0.1) is 5.69 Å². The summed E-state index contributed by atoms with van der Waals surface area (Å²) in [4.78, 5) is 3.03. The SMILES string of the molecule is Cc1[nH]c2ccccc2c1NCC(F)(F)F. The first-order valence-corrected chi connectivity index (χ1v) is 4.85. The summed E-state index contributed by atoms with van der Waals surface area (Å²) in [5.74, 6) is 0. The molecule has 1 heterocycles. The van der Waals surface area contributed by atoms with E-state index in [2.05, 4.69) is 10.3 Å².